The molecule has 7 heteroatoms. The molecule has 2 saturated heterocycles. The average molecular weight is 455 g/mol. The van der Waals surface area contributed by atoms with E-state index in [2.05, 4.69) is 9.80 Å². The SMILES string of the molecule is COc1ccc2c3c(c(=O)oc2c1)CN(CCN1CC2CCC(CC2)C1)CC3.Cl.Cl. The lowest BCUT2D eigenvalue weighted by molar-refractivity contribution is 0.182. The quantitative estimate of drug-likeness (QED) is 0.649. The molecule has 30 heavy (non-hydrogen) atoms. The highest BCUT2D eigenvalue weighted by Gasteiger charge is 2.30. The molecule has 0 unspecified atom stereocenters. The summed E-state index contributed by atoms with van der Waals surface area (Å²) >= 11 is 0. The summed E-state index contributed by atoms with van der Waals surface area (Å²) in [6.07, 6.45) is 6.62. The van der Waals surface area contributed by atoms with E-state index in [1.807, 2.05) is 18.2 Å². The van der Waals surface area contributed by atoms with E-state index in [9.17, 15) is 4.79 Å². The van der Waals surface area contributed by atoms with E-state index in [4.69, 9.17) is 9.15 Å². The Bertz CT molecular complexity index is 911. The number of ether oxygens (including phenoxy) is 1. The number of nitrogens with zero attached hydrogens (tertiary/aromatic N) is 2. The Hall–Kier alpha value is -1.27. The van der Waals surface area contributed by atoms with Crippen molar-refractivity contribution >= 4 is 35.8 Å². The summed E-state index contributed by atoms with van der Waals surface area (Å²) in [7, 11) is 1.63. The van der Waals surface area contributed by atoms with Crippen LogP contribution in [0.3, 0.4) is 0 Å². The van der Waals surface area contributed by atoms with Crippen molar-refractivity contribution in [2.75, 3.05) is 39.8 Å². The molecule has 1 saturated carbocycles. The van der Waals surface area contributed by atoms with Gasteiger partial charge in [0.2, 0.25) is 0 Å². The number of fused-ring (bicyclic) bond motifs is 7. The number of hydrogen-bond acceptors (Lipinski definition) is 5. The zero-order chi connectivity index (χ0) is 19.1. The summed E-state index contributed by atoms with van der Waals surface area (Å²) in [6.45, 7) is 6.43. The summed E-state index contributed by atoms with van der Waals surface area (Å²) in [4.78, 5) is 17.7. The van der Waals surface area contributed by atoms with Crippen LogP contribution in [0.15, 0.2) is 27.4 Å². The first-order valence-electron chi connectivity index (χ1n) is 10.8. The molecule has 6 rings (SSSR count). The second kappa shape index (κ2) is 9.90. The number of benzene rings is 1. The van der Waals surface area contributed by atoms with Gasteiger partial charge in [-0.1, -0.05) is 0 Å². The van der Waals surface area contributed by atoms with E-state index in [1.165, 1.54) is 38.8 Å². The minimum Gasteiger partial charge on any atom is -0.497 e. The van der Waals surface area contributed by atoms with Gasteiger partial charge >= 0.3 is 5.63 Å². The van der Waals surface area contributed by atoms with E-state index in [1.54, 1.807) is 7.11 Å². The Labute approximate surface area is 190 Å². The van der Waals surface area contributed by atoms with Crippen LogP contribution in [0, 0.1) is 11.8 Å². The summed E-state index contributed by atoms with van der Waals surface area (Å²) < 4.78 is 10.9. The number of halogens is 2. The predicted molar refractivity (Wildman–Crippen MR) is 124 cm³/mol. The van der Waals surface area contributed by atoms with Gasteiger partial charge in [0, 0.05) is 50.7 Å². The zero-order valence-electron chi connectivity index (χ0n) is 17.6. The minimum atomic E-state index is -0.187. The van der Waals surface area contributed by atoms with Crippen molar-refractivity contribution in [1.29, 1.82) is 0 Å². The van der Waals surface area contributed by atoms with Gasteiger partial charge in [-0.25, -0.2) is 4.79 Å². The molecule has 1 aliphatic carbocycles. The van der Waals surface area contributed by atoms with E-state index >= 15 is 0 Å². The molecule has 2 bridgehead atoms. The van der Waals surface area contributed by atoms with Gasteiger partial charge in [-0.15, -0.1) is 24.8 Å². The standard InChI is InChI=1S/C23H30N2O3.2ClH/c1-27-18-6-7-20-19-8-9-24(15-21(19)23(26)28-22(20)12-18)10-11-25-13-16-2-3-17(14-25)5-4-16;;/h6-7,12,16-17H,2-5,8-11,13-15H2,1H3;2*1H. The van der Waals surface area contributed by atoms with Gasteiger partial charge in [-0.05, 0) is 61.6 Å². The van der Waals surface area contributed by atoms with Crippen LogP contribution < -0.4 is 10.4 Å². The van der Waals surface area contributed by atoms with Crippen molar-refractivity contribution < 1.29 is 9.15 Å². The molecule has 1 aromatic carbocycles. The Morgan fingerprint density at radius 2 is 1.67 bits per heavy atom. The fourth-order valence-electron chi connectivity index (χ4n) is 5.49. The van der Waals surface area contributed by atoms with Crippen LogP contribution in [-0.4, -0.2) is 49.6 Å². The highest BCUT2D eigenvalue weighted by molar-refractivity contribution is 5.85. The Morgan fingerprint density at radius 1 is 1.00 bits per heavy atom. The molecule has 1 aromatic heterocycles. The molecule has 4 heterocycles. The normalized spacial score (nSPS) is 23.9. The number of methoxy groups -OCH3 is 1. The molecule has 0 N–H and O–H groups in total. The largest absolute Gasteiger partial charge is 0.497 e. The van der Waals surface area contributed by atoms with Crippen molar-refractivity contribution in [2.24, 2.45) is 11.8 Å². The third kappa shape index (κ3) is 4.64. The maximum atomic E-state index is 12.6. The fraction of sp³-hybridized carbons (Fsp3) is 0.609. The van der Waals surface area contributed by atoms with Crippen molar-refractivity contribution in [3.63, 3.8) is 0 Å². The van der Waals surface area contributed by atoms with Gasteiger partial charge in [-0.2, -0.15) is 0 Å². The number of hydrogen-bond donors (Lipinski definition) is 0. The lowest BCUT2D eigenvalue weighted by Crippen LogP contribution is -2.40. The molecule has 0 spiro atoms. The van der Waals surface area contributed by atoms with Crippen LogP contribution in [0.4, 0.5) is 0 Å². The van der Waals surface area contributed by atoms with Gasteiger partial charge < -0.3 is 14.1 Å². The maximum Gasteiger partial charge on any atom is 0.341 e. The molecule has 4 aliphatic rings. The van der Waals surface area contributed by atoms with Crippen LogP contribution >= 0.6 is 24.8 Å². The van der Waals surface area contributed by atoms with Gasteiger partial charge in [0.25, 0.3) is 0 Å². The smallest absolute Gasteiger partial charge is 0.341 e. The average Bonchev–Trinajstić information content (AvgIpc) is 3.05. The van der Waals surface area contributed by atoms with Crippen LogP contribution in [0.5, 0.6) is 5.75 Å². The molecule has 2 aromatic rings. The topological polar surface area (TPSA) is 45.9 Å². The van der Waals surface area contributed by atoms with Crippen LogP contribution in [0.2, 0.25) is 0 Å². The molecule has 0 amide bonds. The molecule has 5 nitrogen and oxygen atoms in total. The van der Waals surface area contributed by atoms with E-state index in [0.717, 1.165) is 60.2 Å². The van der Waals surface area contributed by atoms with Crippen molar-refractivity contribution in [3.8, 4) is 5.75 Å². The number of rotatable bonds is 4. The summed E-state index contributed by atoms with van der Waals surface area (Å²) in [5.74, 6) is 2.55. The highest BCUT2D eigenvalue weighted by atomic mass is 35.5. The molecular weight excluding hydrogens is 423 g/mol. The Kier molecular flexibility index (Phi) is 7.72. The van der Waals surface area contributed by atoms with Gasteiger partial charge in [0.05, 0.1) is 12.7 Å². The molecule has 166 valence electrons. The highest BCUT2D eigenvalue weighted by Crippen LogP contribution is 2.34. The van der Waals surface area contributed by atoms with Gasteiger partial charge in [-0.3, -0.25) is 4.90 Å². The molecule has 0 radical (unpaired) electrons. The maximum absolute atomic E-state index is 12.6. The third-order valence-corrected chi connectivity index (χ3v) is 7.12. The second-order valence-corrected chi connectivity index (χ2v) is 8.88. The van der Waals surface area contributed by atoms with Crippen LogP contribution in [0.25, 0.3) is 11.0 Å². The monoisotopic (exact) mass is 454 g/mol. The van der Waals surface area contributed by atoms with Crippen molar-refractivity contribution in [1.82, 2.24) is 9.80 Å². The molecule has 3 aliphatic heterocycles. The first-order valence-corrected chi connectivity index (χ1v) is 10.8. The zero-order valence-corrected chi connectivity index (χ0v) is 19.2. The van der Waals surface area contributed by atoms with Gasteiger partial charge in [0.15, 0.2) is 0 Å². The summed E-state index contributed by atoms with van der Waals surface area (Å²) in [5.41, 5.74) is 2.46. The molecule has 3 fully saturated rings. The molecular formula is C23H32Cl2N2O3. The molecule has 0 atom stereocenters. The van der Waals surface area contributed by atoms with E-state index in [-0.39, 0.29) is 30.4 Å². The lowest BCUT2D eigenvalue weighted by atomic mass is 9.84. The minimum absolute atomic E-state index is 0. The first-order chi connectivity index (χ1) is 13.7. The second-order valence-electron chi connectivity index (χ2n) is 8.88. The fourth-order valence-corrected chi connectivity index (χ4v) is 5.49. The summed E-state index contributed by atoms with van der Waals surface area (Å²) in [5, 5.41) is 1.05. The Balaban J connectivity index is 0.00000128. The first kappa shape index (κ1) is 23.4. The van der Waals surface area contributed by atoms with E-state index in [0.29, 0.717) is 12.1 Å². The van der Waals surface area contributed by atoms with Crippen LogP contribution in [0.1, 0.15) is 36.8 Å². The van der Waals surface area contributed by atoms with Crippen molar-refractivity contribution in [3.05, 3.63) is 39.7 Å². The van der Waals surface area contributed by atoms with Gasteiger partial charge in [0.1, 0.15) is 11.3 Å². The predicted octanol–water partition coefficient (Wildman–Crippen LogP) is 4.13. The Morgan fingerprint density at radius 3 is 2.33 bits per heavy atom. The van der Waals surface area contributed by atoms with Crippen molar-refractivity contribution in [2.45, 2.75) is 38.6 Å². The summed E-state index contributed by atoms with van der Waals surface area (Å²) in [6, 6.07) is 5.79. The lowest BCUT2D eigenvalue weighted by Gasteiger charge is -2.31. The van der Waals surface area contributed by atoms with Crippen LogP contribution in [-0.2, 0) is 13.0 Å². The third-order valence-electron chi connectivity index (χ3n) is 7.12. The van der Waals surface area contributed by atoms with E-state index < -0.39 is 0 Å².